The highest BCUT2D eigenvalue weighted by atomic mass is 16.7. The van der Waals surface area contributed by atoms with E-state index in [0.717, 1.165) is 36.8 Å². The molecule has 0 unspecified atom stereocenters. The summed E-state index contributed by atoms with van der Waals surface area (Å²) < 4.78 is 17.3. The third-order valence-electron chi connectivity index (χ3n) is 5.61. The molecule has 5 nitrogen and oxygen atoms in total. The van der Waals surface area contributed by atoms with Crippen LogP contribution in [0.5, 0.6) is 0 Å². The Bertz CT molecular complexity index is 749. The maximum Gasteiger partial charge on any atom is 0.410 e. The van der Waals surface area contributed by atoms with Crippen LogP contribution in [-0.4, -0.2) is 36.0 Å². The van der Waals surface area contributed by atoms with Crippen LogP contribution in [0.15, 0.2) is 60.7 Å². The Hall–Kier alpha value is -2.37. The van der Waals surface area contributed by atoms with E-state index in [9.17, 15) is 4.79 Å². The average Bonchev–Trinajstić information content (AvgIpc) is 3.20. The van der Waals surface area contributed by atoms with Gasteiger partial charge in [0.2, 0.25) is 0 Å². The first-order chi connectivity index (χ1) is 13.7. The Balaban J connectivity index is 1.43. The van der Waals surface area contributed by atoms with E-state index < -0.39 is 5.79 Å². The SMILES string of the molecule is O=C(OCc1ccccc1)N(Cc1ccccc1)C1CCC2(CC1)OCCO2. The summed E-state index contributed by atoms with van der Waals surface area (Å²) in [6.07, 6.45) is 3.08. The van der Waals surface area contributed by atoms with E-state index in [2.05, 4.69) is 0 Å². The van der Waals surface area contributed by atoms with Crippen molar-refractivity contribution in [2.75, 3.05) is 13.2 Å². The van der Waals surface area contributed by atoms with Crippen LogP contribution in [0.1, 0.15) is 36.8 Å². The Labute approximate surface area is 166 Å². The van der Waals surface area contributed by atoms with Crippen LogP contribution in [0.3, 0.4) is 0 Å². The summed E-state index contributed by atoms with van der Waals surface area (Å²) in [4.78, 5) is 14.8. The van der Waals surface area contributed by atoms with Crippen molar-refractivity contribution in [1.82, 2.24) is 4.90 Å². The predicted molar refractivity (Wildman–Crippen MR) is 106 cm³/mol. The minimum Gasteiger partial charge on any atom is -0.445 e. The summed E-state index contributed by atoms with van der Waals surface area (Å²) in [6, 6.07) is 20.0. The molecule has 1 amide bonds. The van der Waals surface area contributed by atoms with Gasteiger partial charge in [-0.2, -0.15) is 0 Å². The largest absolute Gasteiger partial charge is 0.445 e. The highest BCUT2D eigenvalue weighted by Crippen LogP contribution is 2.37. The number of ether oxygens (including phenoxy) is 3. The molecule has 0 radical (unpaired) electrons. The van der Waals surface area contributed by atoms with Crippen LogP contribution in [0.2, 0.25) is 0 Å². The first kappa shape index (κ1) is 19.0. The standard InChI is InChI=1S/C23H27NO4/c25-22(26-18-20-9-5-2-6-10-20)24(17-19-7-3-1-4-8-19)21-11-13-23(14-12-21)27-15-16-28-23/h1-10,21H,11-18H2. The number of hydrogen-bond donors (Lipinski definition) is 0. The molecule has 4 rings (SSSR count). The molecule has 1 aliphatic heterocycles. The molecule has 1 spiro atoms. The molecule has 2 aromatic carbocycles. The molecule has 1 heterocycles. The normalized spacial score (nSPS) is 18.9. The van der Waals surface area contributed by atoms with Gasteiger partial charge in [-0.25, -0.2) is 4.79 Å². The van der Waals surface area contributed by atoms with Crippen LogP contribution < -0.4 is 0 Å². The van der Waals surface area contributed by atoms with Crippen LogP contribution in [0.25, 0.3) is 0 Å². The van der Waals surface area contributed by atoms with Crippen molar-refractivity contribution < 1.29 is 19.0 Å². The quantitative estimate of drug-likeness (QED) is 0.764. The van der Waals surface area contributed by atoms with Crippen molar-refractivity contribution in [3.63, 3.8) is 0 Å². The average molecular weight is 381 g/mol. The van der Waals surface area contributed by atoms with Crippen molar-refractivity contribution >= 4 is 6.09 Å². The number of carbonyl (C=O) groups excluding carboxylic acids is 1. The highest BCUT2D eigenvalue weighted by molar-refractivity contribution is 5.68. The first-order valence-corrected chi connectivity index (χ1v) is 10.0. The van der Waals surface area contributed by atoms with Crippen molar-refractivity contribution in [1.29, 1.82) is 0 Å². The van der Waals surface area contributed by atoms with Gasteiger partial charge in [-0.15, -0.1) is 0 Å². The lowest BCUT2D eigenvalue weighted by molar-refractivity contribution is -0.183. The lowest BCUT2D eigenvalue weighted by Crippen LogP contribution is -2.46. The zero-order valence-corrected chi connectivity index (χ0v) is 16.1. The van der Waals surface area contributed by atoms with Gasteiger partial charge in [0.25, 0.3) is 0 Å². The Kier molecular flexibility index (Phi) is 5.93. The lowest BCUT2D eigenvalue weighted by Gasteiger charge is -2.40. The van der Waals surface area contributed by atoms with Crippen LogP contribution in [0, 0.1) is 0 Å². The van der Waals surface area contributed by atoms with Gasteiger partial charge in [0.05, 0.1) is 13.2 Å². The van der Waals surface area contributed by atoms with Gasteiger partial charge in [0.1, 0.15) is 6.61 Å². The maximum absolute atomic E-state index is 13.0. The molecule has 28 heavy (non-hydrogen) atoms. The minimum atomic E-state index is -0.428. The molecule has 1 aliphatic carbocycles. The third kappa shape index (κ3) is 4.54. The second-order valence-electron chi connectivity index (χ2n) is 7.49. The zero-order valence-electron chi connectivity index (χ0n) is 16.1. The minimum absolute atomic E-state index is 0.127. The molecule has 2 aromatic rings. The van der Waals surface area contributed by atoms with Gasteiger partial charge in [0, 0.05) is 25.4 Å². The number of carbonyl (C=O) groups is 1. The molecule has 1 saturated carbocycles. The summed E-state index contributed by atoms with van der Waals surface area (Å²) in [6.45, 7) is 2.16. The fraction of sp³-hybridized carbons (Fsp3) is 0.435. The topological polar surface area (TPSA) is 48.0 Å². The lowest BCUT2D eigenvalue weighted by atomic mass is 9.89. The van der Waals surface area contributed by atoms with Crippen LogP contribution in [0.4, 0.5) is 4.79 Å². The molecule has 0 bridgehead atoms. The van der Waals surface area contributed by atoms with E-state index >= 15 is 0 Å². The van der Waals surface area contributed by atoms with Crippen LogP contribution in [-0.2, 0) is 27.4 Å². The second-order valence-corrected chi connectivity index (χ2v) is 7.49. The Morgan fingerprint density at radius 2 is 1.50 bits per heavy atom. The van der Waals surface area contributed by atoms with Gasteiger partial charge in [-0.05, 0) is 24.0 Å². The number of amides is 1. The maximum atomic E-state index is 13.0. The monoisotopic (exact) mass is 381 g/mol. The summed E-state index contributed by atoms with van der Waals surface area (Å²) in [7, 11) is 0. The molecule has 5 heteroatoms. The van der Waals surface area contributed by atoms with Crippen molar-refractivity contribution in [3.05, 3.63) is 71.8 Å². The number of rotatable bonds is 5. The Morgan fingerprint density at radius 3 is 2.11 bits per heavy atom. The second kappa shape index (κ2) is 8.76. The zero-order chi connectivity index (χ0) is 19.2. The summed E-state index contributed by atoms with van der Waals surface area (Å²) in [5.74, 6) is -0.428. The van der Waals surface area contributed by atoms with E-state index in [1.165, 1.54) is 0 Å². The van der Waals surface area contributed by atoms with Crippen molar-refractivity contribution in [3.8, 4) is 0 Å². The molecule has 2 aliphatic rings. The van der Waals surface area contributed by atoms with Gasteiger partial charge in [-0.3, -0.25) is 0 Å². The number of benzene rings is 2. The van der Waals surface area contributed by atoms with E-state index in [0.29, 0.717) is 19.8 Å². The van der Waals surface area contributed by atoms with Crippen molar-refractivity contribution in [2.45, 2.75) is 50.7 Å². The highest BCUT2D eigenvalue weighted by Gasteiger charge is 2.42. The molecular weight excluding hydrogens is 354 g/mol. The van der Waals surface area contributed by atoms with E-state index in [1.807, 2.05) is 65.6 Å². The molecule has 0 atom stereocenters. The number of hydrogen-bond acceptors (Lipinski definition) is 4. The number of nitrogens with zero attached hydrogens (tertiary/aromatic N) is 1. The van der Waals surface area contributed by atoms with Gasteiger partial charge in [-0.1, -0.05) is 60.7 Å². The van der Waals surface area contributed by atoms with E-state index in [4.69, 9.17) is 14.2 Å². The molecule has 148 valence electrons. The van der Waals surface area contributed by atoms with Gasteiger partial charge >= 0.3 is 6.09 Å². The van der Waals surface area contributed by atoms with E-state index in [-0.39, 0.29) is 18.7 Å². The third-order valence-corrected chi connectivity index (χ3v) is 5.61. The smallest absolute Gasteiger partial charge is 0.410 e. The molecule has 2 fully saturated rings. The summed E-state index contributed by atoms with van der Waals surface area (Å²) >= 11 is 0. The Morgan fingerprint density at radius 1 is 0.929 bits per heavy atom. The van der Waals surface area contributed by atoms with Gasteiger partial charge in [0.15, 0.2) is 5.79 Å². The molecular formula is C23H27NO4. The fourth-order valence-electron chi connectivity index (χ4n) is 4.06. The first-order valence-electron chi connectivity index (χ1n) is 10.0. The summed E-state index contributed by atoms with van der Waals surface area (Å²) in [5, 5.41) is 0. The molecule has 0 aromatic heterocycles. The molecule has 1 saturated heterocycles. The van der Waals surface area contributed by atoms with Crippen LogP contribution >= 0.6 is 0 Å². The fourth-order valence-corrected chi connectivity index (χ4v) is 4.06. The van der Waals surface area contributed by atoms with E-state index in [1.54, 1.807) is 0 Å². The van der Waals surface area contributed by atoms with Crippen molar-refractivity contribution in [2.24, 2.45) is 0 Å². The summed E-state index contributed by atoms with van der Waals surface area (Å²) in [5.41, 5.74) is 2.10. The predicted octanol–water partition coefficient (Wildman–Crippen LogP) is 4.51. The molecule has 0 N–H and O–H groups in total. The van der Waals surface area contributed by atoms with Gasteiger partial charge < -0.3 is 19.1 Å².